The predicted molar refractivity (Wildman–Crippen MR) is 55.0 cm³/mol. The molecule has 0 spiro atoms. The van der Waals surface area contributed by atoms with Gasteiger partial charge in [-0.3, -0.25) is 9.63 Å². The van der Waals surface area contributed by atoms with E-state index in [1.807, 2.05) is 30.3 Å². The molecule has 0 fully saturated rings. The summed E-state index contributed by atoms with van der Waals surface area (Å²) in [7, 11) is 1.36. The molecule has 80 valence electrons. The van der Waals surface area contributed by atoms with E-state index in [-0.39, 0.29) is 12.3 Å². The second-order valence-electron chi connectivity index (χ2n) is 3.09. The first-order valence-electron chi connectivity index (χ1n) is 4.60. The Morgan fingerprint density at radius 3 is 2.67 bits per heavy atom. The van der Waals surface area contributed by atoms with Crippen LogP contribution in [0, 0.1) is 0 Å². The van der Waals surface area contributed by atoms with Gasteiger partial charge >= 0.3 is 0 Å². The number of carbonyl (C=O) groups excluding carboxylic acids is 2. The van der Waals surface area contributed by atoms with Gasteiger partial charge in [0.15, 0.2) is 0 Å². The third kappa shape index (κ3) is 3.52. The van der Waals surface area contributed by atoms with E-state index in [2.05, 4.69) is 10.3 Å². The number of amides is 1. The third-order valence-electron chi connectivity index (χ3n) is 2.01. The summed E-state index contributed by atoms with van der Waals surface area (Å²) in [5, 5.41) is 0. The number of aldehydes is 1. The summed E-state index contributed by atoms with van der Waals surface area (Å²) in [6.45, 7) is 0. The van der Waals surface area contributed by atoms with E-state index in [1.54, 1.807) is 0 Å². The standard InChI is InChI=1S/C11H13NO3/c1-15-12-11(14)7-10(8-13)9-5-3-2-4-6-9/h2-6,8,10H,7H2,1H3,(H,12,14). The highest BCUT2D eigenvalue weighted by molar-refractivity contribution is 5.80. The van der Waals surface area contributed by atoms with Crippen LogP contribution in [0.25, 0.3) is 0 Å². The van der Waals surface area contributed by atoms with E-state index in [1.165, 1.54) is 7.11 Å². The lowest BCUT2D eigenvalue weighted by molar-refractivity contribution is -0.132. The van der Waals surface area contributed by atoms with E-state index in [9.17, 15) is 9.59 Å². The van der Waals surface area contributed by atoms with Gasteiger partial charge in [-0.15, -0.1) is 0 Å². The molecule has 0 aliphatic heterocycles. The molecule has 15 heavy (non-hydrogen) atoms. The first-order chi connectivity index (χ1) is 7.27. The summed E-state index contributed by atoms with van der Waals surface area (Å²) in [5.41, 5.74) is 3.01. The zero-order valence-electron chi connectivity index (χ0n) is 8.47. The average Bonchev–Trinajstić information content (AvgIpc) is 2.27. The molecule has 0 saturated heterocycles. The highest BCUT2D eigenvalue weighted by atomic mass is 16.6. The molecule has 0 aliphatic rings. The normalized spacial score (nSPS) is 11.8. The first kappa shape index (κ1) is 11.4. The SMILES string of the molecule is CONC(=O)CC(C=O)c1ccccc1. The van der Waals surface area contributed by atoms with Crippen LogP contribution in [0.15, 0.2) is 30.3 Å². The van der Waals surface area contributed by atoms with Crippen molar-refractivity contribution in [1.29, 1.82) is 0 Å². The number of hydrogen-bond acceptors (Lipinski definition) is 3. The van der Waals surface area contributed by atoms with Gasteiger partial charge in [-0.05, 0) is 5.56 Å². The average molecular weight is 207 g/mol. The summed E-state index contributed by atoms with van der Waals surface area (Å²) in [5.74, 6) is -0.722. The second kappa shape index (κ2) is 5.93. The molecule has 0 saturated carbocycles. The van der Waals surface area contributed by atoms with Crippen LogP contribution in [0.4, 0.5) is 0 Å². The lowest BCUT2D eigenvalue weighted by atomic mass is 9.97. The Morgan fingerprint density at radius 2 is 2.13 bits per heavy atom. The fourth-order valence-corrected chi connectivity index (χ4v) is 1.30. The molecule has 4 heteroatoms. The number of hydroxylamine groups is 1. The van der Waals surface area contributed by atoms with Gasteiger partial charge in [0.2, 0.25) is 5.91 Å². The molecule has 0 radical (unpaired) electrons. The van der Waals surface area contributed by atoms with E-state index in [0.717, 1.165) is 11.8 Å². The van der Waals surface area contributed by atoms with Gasteiger partial charge in [0.05, 0.1) is 7.11 Å². The summed E-state index contributed by atoms with van der Waals surface area (Å²) in [6, 6.07) is 9.17. The second-order valence-corrected chi connectivity index (χ2v) is 3.09. The highest BCUT2D eigenvalue weighted by Crippen LogP contribution is 2.16. The van der Waals surface area contributed by atoms with Gasteiger partial charge < -0.3 is 4.79 Å². The lowest BCUT2D eigenvalue weighted by Gasteiger charge is -2.09. The number of rotatable bonds is 5. The minimum Gasteiger partial charge on any atom is -0.303 e. The lowest BCUT2D eigenvalue weighted by Crippen LogP contribution is -2.24. The molecular weight excluding hydrogens is 194 g/mol. The Bertz CT molecular complexity index is 324. The monoisotopic (exact) mass is 207 g/mol. The maximum atomic E-state index is 11.2. The van der Waals surface area contributed by atoms with E-state index >= 15 is 0 Å². The van der Waals surface area contributed by atoms with Crippen molar-refractivity contribution in [2.75, 3.05) is 7.11 Å². The van der Waals surface area contributed by atoms with Crippen molar-refractivity contribution in [2.45, 2.75) is 12.3 Å². The number of carbonyl (C=O) groups is 2. The van der Waals surface area contributed by atoms with Crippen LogP contribution in [0.1, 0.15) is 17.9 Å². The van der Waals surface area contributed by atoms with Crippen LogP contribution in [0.5, 0.6) is 0 Å². The van der Waals surface area contributed by atoms with Crippen molar-refractivity contribution in [3.8, 4) is 0 Å². The molecule has 1 atom stereocenters. The molecule has 1 aromatic rings. The Hall–Kier alpha value is -1.68. The number of nitrogens with one attached hydrogen (secondary N) is 1. The minimum absolute atomic E-state index is 0.0986. The molecular formula is C11H13NO3. The molecule has 0 heterocycles. The topological polar surface area (TPSA) is 55.4 Å². The molecule has 0 aromatic heterocycles. The van der Waals surface area contributed by atoms with E-state index < -0.39 is 5.92 Å². The number of hydrogen-bond donors (Lipinski definition) is 1. The van der Waals surface area contributed by atoms with Gasteiger partial charge in [-0.25, -0.2) is 5.48 Å². The Labute approximate surface area is 88.2 Å². The van der Waals surface area contributed by atoms with Gasteiger partial charge in [-0.2, -0.15) is 0 Å². The minimum atomic E-state index is -0.415. The Morgan fingerprint density at radius 1 is 1.47 bits per heavy atom. The van der Waals surface area contributed by atoms with Gasteiger partial charge in [0, 0.05) is 12.3 Å². The van der Waals surface area contributed by atoms with Crippen LogP contribution in [-0.2, 0) is 14.4 Å². The summed E-state index contributed by atoms with van der Waals surface area (Å²) < 4.78 is 0. The molecule has 0 aliphatic carbocycles. The van der Waals surface area contributed by atoms with Crippen LogP contribution in [0.2, 0.25) is 0 Å². The Kier molecular flexibility index (Phi) is 4.50. The van der Waals surface area contributed by atoms with Crippen LogP contribution in [-0.4, -0.2) is 19.3 Å². The van der Waals surface area contributed by atoms with Gasteiger partial charge in [0.1, 0.15) is 6.29 Å². The first-order valence-corrected chi connectivity index (χ1v) is 4.60. The van der Waals surface area contributed by atoms with Crippen molar-refractivity contribution in [1.82, 2.24) is 5.48 Å². The maximum Gasteiger partial charge on any atom is 0.244 e. The number of benzene rings is 1. The molecule has 4 nitrogen and oxygen atoms in total. The largest absolute Gasteiger partial charge is 0.303 e. The van der Waals surface area contributed by atoms with Crippen molar-refractivity contribution in [3.63, 3.8) is 0 Å². The predicted octanol–water partition coefficient (Wildman–Crippen LogP) is 1.04. The fourth-order valence-electron chi connectivity index (χ4n) is 1.30. The summed E-state index contributed by atoms with van der Waals surface area (Å²) in [6.07, 6.45) is 0.867. The molecule has 1 unspecified atom stereocenters. The smallest absolute Gasteiger partial charge is 0.244 e. The van der Waals surface area contributed by atoms with E-state index in [0.29, 0.717) is 0 Å². The zero-order valence-corrected chi connectivity index (χ0v) is 8.47. The van der Waals surface area contributed by atoms with Crippen molar-refractivity contribution < 1.29 is 14.4 Å². The molecule has 1 N–H and O–H groups in total. The van der Waals surface area contributed by atoms with Crippen molar-refractivity contribution >= 4 is 12.2 Å². The molecule has 0 bridgehead atoms. The molecule has 1 rings (SSSR count). The van der Waals surface area contributed by atoms with Crippen molar-refractivity contribution in [2.24, 2.45) is 0 Å². The van der Waals surface area contributed by atoms with Crippen molar-refractivity contribution in [3.05, 3.63) is 35.9 Å². The highest BCUT2D eigenvalue weighted by Gasteiger charge is 2.14. The summed E-state index contributed by atoms with van der Waals surface area (Å²) >= 11 is 0. The maximum absolute atomic E-state index is 11.2. The molecule has 1 aromatic carbocycles. The quantitative estimate of drug-likeness (QED) is 0.579. The van der Waals surface area contributed by atoms with Gasteiger partial charge in [-0.1, -0.05) is 30.3 Å². The Balaban J connectivity index is 2.65. The third-order valence-corrected chi connectivity index (χ3v) is 2.01. The molecule has 1 amide bonds. The van der Waals surface area contributed by atoms with Crippen LogP contribution < -0.4 is 5.48 Å². The van der Waals surface area contributed by atoms with Gasteiger partial charge in [0.25, 0.3) is 0 Å². The van der Waals surface area contributed by atoms with Crippen LogP contribution >= 0.6 is 0 Å². The fraction of sp³-hybridized carbons (Fsp3) is 0.273. The summed E-state index contributed by atoms with van der Waals surface area (Å²) in [4.78, 5) is 26.5. The van der Waals surface area contributed by atoms with E-state index in [4.69, 9.17) is 0 Å². The van der Waals surface area contributed by atoms with Crippen LogP contribution in [0.3, 0.4) is 0 Å². The zero-order chi connectivity index (χ0) is 11.1.